The number of aromatic nitrogens is 3. The Labute approximate surface area is 99.7 Å². The summed E-state index contributed by atoms with van der Waals surface area (Å²) in [5.74, 6) is 1.90. The maximum atomic E-state index is 5.61. The third kappa shape index (κ3) is 2.75. The molecular weight excluding hydrogens is 216 g/mol. The van der Waals surface area contributed by atoms with E-state index < -0.39 is 0 Å². The van der Waals surface area contributed by atoms with Gasteiger partial charge in [-0.15, -0.1) is 0 Å². The van der Waals surface area contributed by atoms with Gasteiger partial charge in [0.15, 0.2) is 0 Å². The van der Waals surface area contributed by atoms with Crippen molar-refractivity contribution < 1.29 is 4.42 Å². The summed E-state index contributed by atoms with van der Waals surface area (Å²) < 4.78 is 5.61. The normalized spacial score (nSPS) is 12.4. The molecule has 0 spiro atoms. The highest BCUT2D eigenvalue weighted by molar-refractivity contribution is 5.65. The summed E-state index contributed by atoms with van der Waals surface area (Å²) in [5, 5.41) is 6.61. The molecule has 0 unspecified atom stereocenters. The van der Waals surface area contributed by atoms with Crippen LogP contribution < -0.4 is 5.73 Å². The van der Waals surface area contributed by atoms with Crippen LogP contribution in [0.2, 0.25) is 0 Å². The summed E-state index contributed by atoms with van der Waals surface area (Å²) in [5.41, 5.74) is 6.28. The first-order valence-corrected chi connectivity index (χ1v) is 5.40. The predicted molar refractivity (Wildman–Crippen MR) is 67.1 cm³/mol. The van der Waals surface area contributed by atoms with Gasteiger partial charge in [-0.2, -0.15) is 5.10 Å². The number of nitrogen functional groups attached to an aromatic ring is 1. The molecule has 2 rings (SSSR count). The molecule has 0 aliphatic carbocycles. The van der Waals surface area contributed by atoms with Gasteiger partial charge in [0.05, 0.1) is 11.9 Å². The molecule has 3 N–H and O–H groups in total. The average molecular weight is 232 g/mol. The zero-order valence-electron chi connectivity index (χ0n) is 10.2. The number of oxazole rings is 1. The standard InChI is InChI=1S/C12H16N4O/c1-12(2,3)9-7-14-11(17-9)5-4-8-6-10(13)16-15-8/h4-7H,1-3H3,(H3,13,15,16)/b5-4-. The molecule has 0 aliphatic heterocycles. The largest absolute Gasteiger partial charge is 0.441 e. The number of rotatable bonds is 2. The first-order valence-electron chi connectivity index (χ1n) is 5.40. The maximum absolute atomic E-state index is 5.61. The Bertz CT molecular complexity index is 531. The van der Waals surface area contributed by atoms with Crippen LogP contribution >= 0.6 is 0 Å². The molecule has 90 valence electrons. The number of hydrogen-bond donors (Lipinski definition) is 2. The summed E-state index contributed by atoms with van der Waals surface area (Å²) in [7, 11) is 0. The first-order chi connectivity index (χ1) is 7.95. The highest BCUT2D eigenvalue weighted by Crippen LogP contribution is 2.23. The molecule has 2 aromatic rings. The molecule has 5 heteroatoms. The van der Waals surface area contributed by atoms with Gasteiger partial charge in [-0.1, -0.05) is 20.8 Å². The SMILES string of the molecule is CC(C)(C)c1cnc(/C=C\c2cc(N)n[nH]2)o1. The van der Waals surface area contributed by atoms with Crippen molar-refractivity contribution in [3.05, 3.63) is 29.6 Å². The molecule has 0 amide bonds. The van der Waals surface area contributed by atoms with E-state index in [4.69, 9.17) is 10.2 Å². The smallest absolute Gasteiger partial charge is 0.218 e. The van der Waals surface area contributed by atoms with Crippen LogP contribution in [0, 0.1) is 0 Å². The van der Waals surface area contributed by atoms with Crippen molar-refractivity contribution in [2.45, 2.75) is 26.2 Å². The van der Waals surface area contributed by atoms with E-state index in [1.165, 1.54) is 0 Å². The van der Waals surface area contributed by atoms with Gasteiger partial charge < -0.3 is 10.2 Å². The van der Waals surface area contributed by atoms with E-state index in [9.17, 15) is 0 Å². The fraction of sp³-hybridized carbons (Fsp3) is 0.333. The lowest BCUT2D eigenvalue weighted by molar-refractivity contribution is 0.403. The molecule has 0 saturated carbocycles. The highest BCUT2D eigenvalue weighted by Gasteiger charge is 2.18. The van der Waals surface area contributed by atoms with Crippen LogP contribution in [0.3, 0.4) is 0 Å². The van der Waals surface area contributed by atoms with Crippen LogP contribution in [0.5, 0.6) is 0 Å². The number of nitrogens with two attached hydrogens (primary N) is 1. The van der Waals surface area contributed by atoms with E-state index in [0.717, 1.165) is 11.5 Å². The number of nitrogens with one attached hydrogen (secondary N) is 1. The molecule has 17 heavy (non-hydrogen) atoms. The summed E-state index contributed by atoms with van der Waals surface area (Å²) >= 11 is 0. The van der Waals surface area contributed by atoms with Gasteiger partial charge in [-0.25, -0.2) is 4.98 Å². The minimum absolute atomic E-state index is 0.0303. The Balaban J connectivity index is 2.14. The summed E-state index contributed by atoms with van der Waals surface area (Å²) in [6.45, 7) is 6.24. The van der Waals surface area contributed by atoms with Crippen LogP contribution in [-0.2, 0) is 5.41 Å². The van der Waals surface area contributed by atoms with Crippen molar-refractivity contribution in [2.24, 2.45) is 0 Å². The Kier molecular flexibility index (Phi) is 2.75. The zero-order valence-corrected chi connectivity index (χ0v) is 10.2. The minimum atomic E-state index is -0.0303. The number of nitrogens with zero attached hydrogens (tertiary/aromatic N) is 2. The number of H-pyrrole nitrogens is 1. The van der Waals surface area contributed by atoms with Crippen LogP contribution in [-0.4, -0.2) is 15.2 Å². The van der Waals surface area contributed by atoms with Crippen molar-refractivity contribution in [3.8, 4) is 0 Å². The van der Waals surface area contributed by atoms with E-state index in [1.807, 2.05) is 6.08 Å². The zero-order chi connectivity index (χ0) is 12.5. The number of anilines is 1. The molecule has 0 fully saturated rings. The molecule has 2 heterocycles. The van der Waals surface area contributed by atoms with Gasteiger partial charge in [0, 0.05) is 17.6 Å². The lowest BCUT2D eigenvalue weighted by Gasteiger charge is -2.12. The van der Waals surface area contributed by atoms with Crippen molar-refractivity contribution in [1.82, 2.24) is 15.2 Å². The maximum Gasteiger partial charge on any atom is 0.218 e. The van der Waals surface area contributed by atoms with Gasteiger partial charge in [-0.05, 0) is 6.08 Å². The quantitative estimate of drug-likeness (QED) is 0.833. The monoisotopic (exact) mass is 232 g/mol. The summed E-state index contributed by atoms with van der Waals surface area (Å²) in [4.78, 5) is 4.19. The Morgan fingerprint density at radius 1 is 1.35 bits per heavy atom. The summed E-state index contributed by atoms with van der Waals surface area (Å²) in [6, 6.07) is 1.74. The molecule has 2 aromatic heterocycles. The minimum Gasteiger partial charge on any atom is -0.441 e. The molecular formula is C12H16N4O. The van der Waals surface area contributed by atoms with E-state index in [-0.39, 0.29) is 5.41 Å². The molecule has 0 bridgehead atoms. The second-order valence-electron chi connectivity index (χ2n) is 4.89. The van der Waals surface area contributed by atoms with Crippen LogP contribution in [0.15, 0.2) is 16.7 Å². The second-order valence-corrected chi connectivity index (χ2v) is 4.89. The topological polar surface area (TPSA) is 80.7 Å². The molecule has 0 atom stereocenters. The van der Waals surface area contributed by atoms with Crippen molar-refractivity contribution >= 4 is 18.0 Å². The highest BCUT2D eigenvalue weighted by atomic mass is 16.4. The van der Waals surface area contributed by atoms with Crippen LogP contribution in [0.1, 0.15) is 38.1 Å². The molecule has 0 saturated heterocycles. The van der Waals surface area contributed by atoms with Gasteiger partial charge in [0.1, 0.15) is 11.6 Å². The van der Waals surface area contributed by atoms with Crippen molar-refractivity contribution in [3.63, 3.8) is 0 Å². The lowest BCUT2D eigenvalue weighted by Crippen LogP contribution is -2.09. The predicted octanol–water partition coefficient (Wildman–Crippen LogP) is 2.45. The van der Waals surface area contributed by atoms with Gasteiger partial charge in [0.25, 0.3) is 0 Å². The van der Waals surface area contributed by atoms with Crippen LogP contribution in [0.4, 0.5) is 5.82 Å². The van der Waals surface area contributed by atoms with Crippen molar-refractivity contribution in [2.75, 3.05) is 5.73 Å². The Morgan fingerprint density at radius 3 is 2.65 bits per heavy atom. The third-order valence-corrected chi connectivity index (χ3v) is 2.29. The molecule has 0 aromatic carbocycles. The number of aromatic amines is 1. The average Bonchev–Trinajstić information content (AvgIpc) is 2.82. The molecule has 0 aliphatic rings. The van der Waals surface area contributed by atoms with E-state index in [1.54, 1.807) is 18.3 Å². The molecule has 0 radical (unpaired) electrons. The first kappa shape index (κ1) is 11.4. The van der Waals surface area contributed by atoms with Gasteiger partial charge in [0.2, 0.25) is 5.89 Å². The van der Waals surface area contributed by atoms with E-state index >= 15 is 0 Å². The Hall–Kier alpha value is -2.04. The van der Waals surface area contributed by atoms with Crippen LogP contribution in [0.25, 0.3) is 12.2 Å². The fourth-order valence-corrected chi connectivity index (χ4v) is 1.31. The van der Waals surface area contributed by atoms with E-state index in [2.05, 4.69) is 36.0 Å². The summed E-state index contributed by atoms with van der Waals surface area (Å²) in [6.07, 6.45) is 5.35. The Morgan fingerprint density at radius 2 is 2.12 bits per heavy atom. The number of hydrogen-bond acceptors (Lipinski definition) is 4. The van der Waals surface area contributed by atoms with Gasteiger partial charge in [-0.3, -0.25) is 5.10 Å². The third-order valence-electron chi connectivity index (χ3n) is 2.29. The van der Waals surface area contributed by atoms with Gasteiger partial charge >= 0.3 is 0 Å². The van der Waals surface area contributed by atoms with E-state index in [0.29, 0.717) is 11.7 Å². The second kappa shape index (κ2) is 4.08. The van der Waals surface area contributed by atoms with Crippen molar-refractivity contribution in [1.29, 1.82) is 0 Å². The molecule has 5 nitrogen and oxygen atoms in total. The lowest BCUT2D eigenvalue weighted by atomic mass is 9.94. The fourth-order valence-electron chi connectivity index (χ4n) is 1.31.